The Bertz CT molecular complexity index is 1010. The van der Waals surface area contributed by atoms with Crippen molar-refractivity contribution in [3.63, 3.8) is 0 Å². The van der Waals surface area contributed by atoms with Crippen LogP contribution in [0.2, 0.25) is 0 Å². The van der Waals surface area contributed by atoms with Crippen molar-refractivity contribution in [2.45, 2.75) is 6.42 Å². The van der Waals surface area contributed by atoms with Crippen molar-refractivity contribution in [1.29, 1.82) is 0 Å². The summed E-state index contributed by atoms with van der Waals surface area (Å²) in [7, 11) is 0. The maximum absolute atomic E-state index is 12.9. The number of anilines is 1. The number of thiophene rings is 1. The number of thiazole rings is 1. The highest BCUT2D eigenvalue weighted by Crippen LogP contribution is 2.29. The van der Waals surface area contributed by atoms with Gasteiger partial charge in [-0.3, -0.25) is 4.79 Å². The highest BCUT2D eigenvalue weighted by molar-refractivity contribution is 7.22. The Hall–Kier alpha value is -2.83. The molecule has 0 aliphatic carbocycles. The second-order valence-electron chi connectivity index (χ2n) is 5.59. The van der Waals surface area contributed by atoms with Crippen molar-refractivity contribution in [3.8, 4) is 0 Å². The zero-order chi connectivity index (χ0) is 17.8. The van der Waals surface area contributed by atoms with Gasteiger partial charge in [0.15, 0.2) is 0 Å². The molecule has 0 saturated carbocycles. The average Bonchev–Trinajstić information content (AvgIpc) is 3.32. The fourth-order valence-electron chi connectivity index (χ4n) is 2.50. The number of fused-ring (bicyclic) bond motifs is 1. The van der Waals surface area contributed by atoms with E-state index in [1.807, 2.05) is 72.1 Å². The second-order valence-corrected chi connectivity index (χ2v) is 7.58. The second kappa shape index (κ2) is 7.59. The van der Waals surface area contributed by atoms with Gasteiger partial charge in [-0.15, -0.1) is 11.3 Å². The number of carbonyl (C=O) groups is 1. The summed E-state index contributed by atoms with van der Waals surface area (Å²) in [5, 5.41) is 8.42. The van der Waals surface area contributed by atoms with Crippen LogP contribution < -0.4 is 5.01 Å². The maximum Gasteiger partial charge on any atom is 0.253 e. The molecule has 0 saturated heterocycles. The van der Waals surface area contributed by atoms with Crippen LogP contribution in [-0.2, 0) is 11.2 Å². The van der Waals surface area contributed by atoms with Gasteiger partial charge in [0, 0.05) is 4.88 Å². The van der Waals surface area contributed by atoms with Gasteiger partial charge in [0.2, 0.25) is 5.13 Å². The topological polar surface area (TPSA) is 45.6 Å². The summed E-state index contributed by atoms with van der Waals surface area (Å²) < 4.78 is 1.03. The van der Waals surface area contributed by atoms with E-state index < -0.39 is 0 Å². The minimum Gasteiger partial charge on any atom is -0.272 e. The highest BCUT2D eigenvalue weighted by atomic mass is 32.1. The molecule has 0 atom stereocenters. The maximum atomic E-state index is 12.9. The number of rotatable bonds is 5. The molecule has 2 aromatic carbocycles. The molecule has 1 amide bonds. The molecule has 0 radical (unpaired) electrons. The molecule has 4 nitrogen and oxygen atoms in total. The lowest BCUT2D eigenvalue weighted by Crippen LogP contribution is -2.27. The quantitative estimate of drug-likeness (QED) is 0.364. The Kier molecular flexibility index (Phi) is 4.86. The summed E-state index contributed by atoms with van der Waals surface area (Å²) in [5.74, 6) is -0.108. The number of benzene rings is 2. The normalized spacial score (nSPS) is 11.2. The van der Waals surface area contributed by atoms with Gasteiger partial charge in [0.1, 0.15) is 0 Å². The minimum absolute atomic E-state index is 0.108. The molecule has 128 valence electrons. The van der Waals surface area contributed by atoms with Crippen LogP contribution in [0.3, 0.4) is 0 Å². The molecule has 6 heteroatoms. The predicted octanol–water partition coefficient (Wildman–Crippen LogP) is 4.97. The Morgan fingerprint density at radius 3 is 2.62 bits per heavy atom. The standard InChI is InChI=1S/C20H15N3OS2/c24-19(13-15-7-2-1-3-8-15)23(21-14-16-9-6-12-25-16)20-22-17-10-4-5-11-18(17)26-20/h1-12,14H,13H2/b21-14-. The van der Waals surface area contributed by atoms with Crippen LogP contribution in [0.4, 0.5) is 5.13 Å². The average molecular weight is 377 g/mol. The van der Waals surface area contributed by atoms with E-state index in [4.69, 9.17) is 0 Å². The molecule has 2 aromatic heterocycles. The van der Waals surface area contributed by atoms with Gasteiger partial charge in [0.05, 0.1) is 22.9 Å². The molecule has 0 bridgehead atoms. The van der Waals surface area contributed by atoms with Crippen LogP contribution in [0.15, 0.2) is 77.2 Å². The first kappa shape index (κ1) is 16.6. The lowest BCUT2D eigenvalue weighted by atomic mass is 10.1. The van der Waals surface area contributed by atoms with Crippen molar-refractivity contribution in [1.82, 2.24) is 4.98 Å². The molecule has 0 aliphatic heterocycles. The van der Waals surface area contributed by atoms with E-state index in [0.717, 1.165) is 20.7 Å². The molecule has 4 rings (SSSR count). The van der Waals surface area contributed by atoms with Crippen LogP contribution in [0.5, 0.6) is 0 Å². The van der Waals surface area contributed by atoms with Crippen molar-refractivity contribution in [2.75, 3.05) is 5.01 Å². The summed E-state index contributed by atoms with van der Waals surface area (Å²) in [6.07, 6.45) is 1.98. The molecule has 0 N–H and O–H groups in total. The molecule has 26 heavy (non-hydrogen) atoms. The number of para-hydroxylation sites is 1. The number of nitrogens with zero attached hydrogens (tertiary/aromatic N) is 3. The SMILES string of the molecule is O=C(Cc1ccccc1)N(/N=C\c1cccs1)c1nc2ccccc2s1. The van der Waals surface area contributed by atoms with Crippen LogP contribution in [-0.4, -0.2) is 17.1 Å². The number of hydrazone groups is 1. The van der Waals surface area contributed by atoms with Gasteiger partial charge in [-0.2, -0.15) is 10.1 Å². The Balaban J connectivity index is 1.67. The molecule has 0 unspecified atom stereocenters. The first-order valence-electron chi connectivity index (χ1n) is 8.09. The van der Waals surface area contributed by atoms with Crippen LogP contribution in [0, 0.1) is 0 Å². The largest absolute Gasteiger partial charge is 0.272 e. The third kappa shape index (κ3) is 3.71. The zero-order valence-electron chi connectivity index (χ0n) is 13.8. The molecule has 0 spiro atoms. The monoisotopic (exact) mass is 377 g/mol. The van der Waals surface area contributed by atoms with Crippen molar-refractivity contribution in [2.24, 2.45) is 5.10 Å². The van der Waals surface area contributed by atoms with E-state index in [-0.39, 0.29) is 12.3 Å². The lowest BCUT2D eigenvalue weighted by molar-refractivity contribution is -0.118. The fraction of sp³-hybridized carbons (Fsp3) is 0.0500. The summed E-state index contributed by atoms with van der Waals surface area (Å²) in [6.45, 7) is 0. The summed E-state index contributed by atoms with van der Waals surface area (Å²) in [5.41, 5.74) is 1.83. The minimum atomic E-state index is -0.108. The van der Waals surface area contributed by atoms with E-state index in [1.54, 1.807) is 17.6 Å². The van der Waals surface area contributed by atoms with Gasteiger partial charge < -0.3 is 0 Å². The first-order valence-corrected chi connectivity index (χ1v) is 9.79. The van der Waals surface area contributed by atoms with E-state index in [9.17, 15) is 4.79 Å². The predicted molar refractivity (Wildman–Crippen MR) is 109 cm³/mol. The van der Waals surface area contributed by atoms with Crippen molar-refractivity contribution in [3.05, 3.63) is 82.6 Å². The third-order valence-electron chi connectivity index (χ3n) is 3.74. The Morgan fingerprint density at radius 2 is 1.85 bits per heavy atom. The smallest absolute Gasteiger partial charge is 0.253 e. The van der Waals surface area contributed by atoms with Gasteiger partial charge in [-0.05, 0) is 29.1 Å². The van der Waals surface area contributed by atoms with Gasteiger partial charge in [0.25, 0.3) is 5.91 Å². The molecule has 2 heterocycles. The molecular weight excluding hydrogens is 362 g/mol. The number of carbonyl (C=O) groups excluding carboxylic acids is 1. The third-order valence-corrected chi connectivity index (χ3v) is 5.56. The highest BCUT2D eigenvalue weighted by Gasteiger charge is 2.19. The van der Waals surface area contributed by atoms with Gasteiger partial charge in [-0.25, -0.2) is 4.98 Å². The molecule has 4 aromatic rings. The van der Waals surface area contributed by atoms with E-state index in [0.29, 0.717) is 5.13 Å². The van der Waals surface area contributed by atoms with E-state index in [2.05, 4.69) is 10.1 Å². The lowest BCUT2D eigenvalue weighted by Gasteiger charge is -2.13. The molecule has 0 aliphatic rings. The summed E-state index contributed by atoms with van der Waals surface area (Å²) >= 11 is 3.04. The summed E-state index contributed by atoms with van der Waals surface area (Å²) in [4.78, 5) is 18.5. The molecule has 0 fully saturated rings. The fourth-order valence-corrected chi connectivity index (χ4v) is 4.02. The number of hydrogen-bond acceptors (Lipinski definition) is 5. The van der Waals surface area contributed by atoms with E-state index in [1.165, 1.54) is 16.3 Å². The Morgan fingerprint density at radius 1 is 1.04 bits per heavy atom. The number of hydrogen-bond donors (Lipinski definition) is 0. The number of aromatic nitrogens is 1. The summed E-state index contributed by atoms with van der Waals surface area (Å²) in [6, 6.07) is 21.5. The van der Waals surface area contributed by atoms with Crippen molar-refractivity contribution < 1.29 is 4.79 Å². The van der Waals surface area contributed by atoms with Crippen LogP contribution in [0.25, 0.3) is 10.2 Å². The first-order chi connectivity index (χ1) is 12.8. The van der Waals surface area contributed by atoms with E-state index >= 15 is 0 Å². The molecular formula is C20H15N3OS2. The Labute approximate surface area is 159 Å². The van der Waals surface area contributed by atoms with Crippen LogP contribution in [0.1, 0.15) is 10.4 Å². The van der Waals surface area contributed by atoms with Crippen LogP contribution >= 0.6 is 22.7 Å². The zero-order valence-corrected chi connectivity index (χ0v) is 15.4. The van der Waals surface area contributed by atoms with Crippen molar-refractivity contribution >= 4 is 50.1 Å². The number of amides is 1. The van der Waals surface area contributed by atoms with Gasteiger partial charge >= 0.3 is 0 Å². The van der Waals surface area contributed by atoms with Gasteiger partial charge in [-0.1, -0.05) is 59.9 Å².